The number of methoxy groups -OCH3 is 1. The maximum atomic E-state index is 12.1. The molecule has 2 N–H and O–H groups in total. The number of ether oxygens (including phenoxy) is 1. The van der Waals surface area contributed by atoms with Crippen LogP contribution in [0.25, 0.3) is 0 Å². The van der Waals surface area contributed by atoms with Crippen molar-refractivity contribution in [1.29, 1.82) is 0 Å². The Morgan fingerprint density at radius 3 is 2.45 bits per heavy atom. The Labute approximate surface area is 114 Å². The summed E-state index contributed by atoms with van der Waals surface area (Å²) in [5.41, 5.74) is 0.520. The monoisotopic (exact) mass is 313 g/mol. The number of sulfonamides is 1. The molecule has 20 heavy (non-hydrogen) atoms. The van der Waals surface area contributed by atoms with Gasteiger partial charge in [0.2, 0.25) is 10.0 Å². The Bertz CT molecular complexity index is 572. The van der Waals surface area contributed by atoms with Gasteiger partial charge in [-0.15, -0.1) is 0 Å². The molecule has 0 heterocycles. The van der Waals surface area contributed by atoms with E-state index < -0.39 is 28.8 Å². The number of benzene rings is 1. The molecule has 1 atom stereocenters. The Balaban J connectivity index is 2.87. The van der Waals surface area contributed by atoms with Crippen molar-refractivity contribution in [3.8, 4) is 5.75 Å². The summed E-state index contributed by atoms with van der Waals surface area (Å²) in [6, 6.07) is 3.86. The molecule has 0 aliphatic heterocycles. The summed E-state index contributed by atoms with van der Waals surface area (Å²) >= 11 is 0. The van der Waals surface area contributed by atoms with Crippen LogP contribution in [0, 0.1) is 6.92 Å². The first kappa shape index (κ1) is 16.7. The molecular weight excluding hydrogens is 299 g/mol. The second-order valence-corrected chi connectivity index (χ2v) is 5.81. The third-order valence-electron chi connectivity index (χ3n) is 2.52. The summed E-state index contributed by atoms with van der Waals surface area (Å²) < 4.78 is 66.5. The number of aryl methyl sites for hydroxylation is 1. The molecule has 0 aliphatic carbocycles. The number of alkyl halides is 3. The lowest BCUT2D eigenvalue weighted by atomic mass is 10.2. The zero-order valence-electron chi connectivity index (χ0n) is 10.7. The molecule has 1 aromatic rings. The molecule has 1 unspecified atom stereocenters. The van der Waals surface area contributed by atoms with Gasteiger partial charge in [-0.2, -0.15) is 13.2 Å². The lowest BCUT2D eigenvalue weighted by molar-refractivity contribution is -0.200. The van der Waals surface area contributed by atoms with E-state index in [0.717, 1.165) is 0 Å². The highest BCUT2D eigenvalue weighted by Gasteiger charge is 2.38. The van der Waals surface area contributed by atoms with Crippen LogP contribution >= 0.6 is 0 Å². The maximum Gasteiger partial charge on any atom is 0.415 e. The van der Waals surface area contributed by atoms with E-state index in [1.807, 2.05) is 0 Å². The lowest BCUT2D eigenvalue weighted by Crippen LogP contribution is -2.40. The average molecular weight is 313 g/mol. The zero-order valence-corrected chi connectivity index (χ0v) is 11.5. The van der Waals surface area contributed by atoms with Gasteiger partial charge in [0.05, 0.1) is 12.0 Å². The van der Waals surface area contributed by atoms with Crippen molar-refractivity contribution >= 4 is 10.0 Å². The van der Waals surface area contributed by atoms with Gasteiger partial charge < -0.3 is 9.84 Å². The van der Waals surface area contributed by atoms with Gasteiger partial charge in [0, 0.05) is 6.54 Å². The molecule has 0 saturated heterocycles. The zero-order chi connectivity index (χ0) is 15.6. The van der Waals surface area contributed by atoms with Crippen LogP contribution in [-0.2, 0) is 10.0 Å². The van der Waals surface area contributed by atoms with Crippen molar-refractivity contribution in [3.63, 3.8) is 0 Å². The normalized spacial score (nSPS) is 14.1. The van der Waals surface area contributed by atoms with E-state index >= 15 is 0 Å². The lowest BCUT2D eigenvalue weighted by Gasteiger charge is -2.15. The molecule has 5 nitrogen and oxygen atoms in total. The number of rotatable bonds is 5. The number of nitrogens with one attached hydrogen (secondary N) is 1. The highest BCUT2D eigenvalue weighted by molar-refractivity contribution is 7.89. The molecule has 9 heteroatoms. The first-order valence-electron chi connectivity index (χ1n) is 5.47. The highest BCUT2D eigenvalue weighted by atomic mass is 32.2. The minimum atomic E-state index is -4.88. The molecule has 1 aromatic carbocycles. The quantitative estimate of drug-likeness (QED) is 0.856. The fraction of sp³-hybridized carbons (Fsp3) is 0.455. The largest absolute Gasteiger partial charge is 0.496 e. The maximum absolute atomic E-state index is 12.1. The highest BCUT2D eigenvalue weighted by Crippen LogP contribution is 2.22. The topological polar surface area (TPSA) is 75.6 Å². The van der Waals surface area contributed by atoms with Gasteiger partial charge in [0.1, 0.15) is 5.75 Å². The minimum absolute atomic E-state index is 0.204. The second kappa shape index (κ2) is 5.98. The fourth-order valence-corrected chi connectivity index (χ4v) is 2.53. The van der Waals surface area contributed by atoms with Crippen molar-refractivity contribution in [2.75, 3.05) is 13.7 Å². The summed E-state index contributed by atoms with van der Waals surface area (Å²) in [6.07, 6.45) is -7.63. The molecule has 0 aliphatic rings. The number of aliphatic hydroxyl groups is 1. The summed E-state index contributed by atoms with van der Waals surface area (Å²) in [4.78, 5) is -0.204. The van der Waals surface area contributed by atoms with Gasteiger partial charge in [0.15, 0.2) is 6.10 Å². The third kappa shape index (κ3) is 4.09. The SMILES string of the molecule is COc1ccc(S(=O)(=O)NCC(O)C(F)(F)F)cc1C. The molecule has 0 bridgehead atoms. The fourth-order valence-electron chi connectivity index (χ4n) is 1.41. The van der Waals surface area contributed by atoms with Crippen LogP contribution in [-0.4, -0.2) is 39.5 Å². The van der Waals surface area contributed by atoms with E-state index in [2.05, 4.69) is 0 Å². The van der Waals surface area contributed by atoms with E-state index in [1.54, 1.807) is 11.6 Å². The Kier molecular flexibility index (Phi) is 5.00. The van der Waals surface area contributed by atoms with Gasteiger partial charge in [-0.3, -0.25) is 0 Å². The Morgan fingerprint density at radius 1 is 1.40 bits per heavy atom. The van der Waals surface area contributed by atoms with E-state index in [-0.39, 0.29) is 4.90 Å². The van der Waals surface area contributed by atoms with Crippen molar-refractivity contribution in [3.05, 3.63) is 23.8 Å². The molecule has 0 aromatic heterocycles. The molecule has 114 valence electrons. The van der Waals surface area contributed by atoms with Gasteiger partial charge in [-0.05, 0) is 30.7 Å². The molecule has 0 fully saturated rings. The van der Waals surface area contributed by atoms with Gasteiger partial charge in [-0.25, -0.2) is 13.1 Å². The molecule has 0 saturated carbocycles. The van der Waals surface area contributed by atoms with E-state index in [1.165, 1.54) is 25.3 Å². The van der Waals surface area contributed by atoms with E-state index in [0.29, 0.717) is 11.3 Å². The van der Waals surface area contributed by atoms with Crippen LogP contribution < -0.4 is 9.46 Å². The number of halogens is 3. The molecule has 0 spiro atoms. The van der Waals surface area contributed by atoms with Crippen molar-refractivity contribution in [1.82, 2.24) is 4.72 Å². The standard InChI is InChI=1S/C11H14F3NO4S/c1-7-5-8(3-4-9(7)19-2)20(17,18)15-6-10(16)11(12,13)14/h3-5,10,15-16H,6H2,1-2H3. The van der Waals surface area contributed by atoms with Crippen LogP contribution in [0.4, 0.5) is 13.2 Å². The van der Waals surface area contributed by atoms with Crippen LogP contribution in [0.3, 0.4) is 0 Å². The predicted octanol–water partition coefficient (Wildman–Crippen LogP) is 1.21. The molecule has 1 rings (SSSR count). The predicted molar refractivity (Wildman–Crippen MR) is 65.0 cm³/mol. The van der Waals surface area contributed by atoms with Crippen LogP contribution in [0.15, 0.2) is 23.1 Å². The van der Waals surface area contributed by atoms with Crippen LogP contribution in [0.5, 0.6) is 5.75 Å². The van der Waals surface area contributed by atoms with Crippen molar-refractivity contribution < 1.29 is 31.4 Å². The molecule has 0 amide bonds. The minimum Gasteiger partial charge on any atom is -0.496 e. The van der Waals surface area contributed by atoms with E-state index in [9.17, 15) is 21.6 Å². The smallest absolute Gasteiger partial charge is 0.415 e. The number of aliphatic hydroxyl groups excluding tert-OH is 1. The van der Waals surface area contributed by atoms with E-state index in [4.69, 9.17) is 9.84 Å². The summed E-state index contributed by atoms with van der Waals surface area (Å²) in [7, 11) is -2.72. The number of hydrogen-bond acceptors (Lipinski definition) is 4. The summed E-state index contributed by atoms with van der Waals surface area (Å²) in [5.74, 6) is 0.458. The van der Waals surface area contributed by atoms with Crippen molar-refractivity contribution in [2.24, 2.45) is 0 Å². The summed E-state index contributed by atoms with van der Waals surface area (Å²) in [6.45, 7) is 0.458. The van der Waals surface area contributed by atoms with Crippen LogP contribution in [0.2, 0.25) is 0 Å². The Hall–Kier alpha value is -1.32. The van der Waals surface area contributed by atoms with Crippen LogP contribution in [0.1, 0.15) is 5.56 Å². The molecule has 0 radical (unpaired) electrons. The van der Waals surface area contributed by atoms with Crippen molar-refractivity contribution in [2.45, 2.75) is 24.1 Å². The average Bonchev–Trinajstić information content (AvgIpc) is 2.34. The third-order valence-corrected chi connectivity index (χ3v) is 3.94. The van der Waals surface area contributed by atoms with Gasteiger partial charge >= 0.3 is 6.18 Å². The summed E-state index contributed by atoms with van der Waals surface area (Å²) in [5, 5.41) is 8.76. The molecular formula is C11H14F3NO4S. The number of hydrogen-bond donors (Lipinski definition) is 2. The second-order valence-electron chi connectivity index (χ2n) is 4.04. The van der Waals surface area contributed by atoms with Gasteiger partial charge in [-0.1, -0.05) is 0 Å². The Morgan fingerprint density at radius 2 is 2.00 bits per heavy atom. The van der Waals surface area contributed by atoms with Gasteiger partial charge in [0.25, 0.3) is 0 Å². The first-order valence-corrected chi connectivity index (χ1v) is 6.95. The first-order chi connectivity index (χ1) is 9.08.